The van der Waals surface area contributed by atoms with Gasteiger partial charge in [-0.1, -0.05) is 27.2 Å². The minimum absolute atomic E-state index is 0.404. The molecule has 15 heavy (non-hydrogen) atoms. The highest BCUT2D eigenvalue weighted by atomic mass is 15.2. The van der Waals surface area contributed by atoms with Crippen LogP contribution in [0.5, 0.6) is 0 Å². The maximum Gasteiger partial charge on any atom is 0.116 e. The molecule has 1 atom stereocenters. The predicted molar refractivity (Wildman–Crippen MR) is 64.7 cm³/mol. The molecule has 1 unspecified atom stereocenters. The Bertz CT molecular complexity index is 198. The number of nitrogens with one attached hydrogen (secondary N) is 1. The average Bonchev–Trinajstić information content (AvgIpc) is 2.24. The van der Waals surface area contributed by atoms with Gasteiger partial charge in [0.05, 0.1) is 6.07 Å². The van der Waals surface area contributed by atoms with Crippen molar-refractivity contribution in [3.05, 3.63) is 0 Å². The van der Waals surface area contributed by atoms with Gasteiger partial charge in [-0.3, -0.25) is 5.32 Å². The van der Waals surface area contributed by atoms with Crippen molar-refractivity contribution in [3.63, 3.8) is 0 Å². The Morgan fingerprint density at radius 3 is 2.40 bits per heavy atom. The van der Waals surface area contributed by atoms with Crippen molar-refractivity contribution in [3.8, 4) is 6.07 Å². The van der Waals surface area contributed by atoms with Crippen LogP contribution in [0.25, 0.3) is 0 Å². The summed E-state index contributed by atoms with van der Waals surface area (Å²) in [4.78, 5) is 2.34. The van der Waals surface area contributed by atoms with Crippen molar-refractivity contribution in [2.75, 3.05) is 26.2 Å². The van der Waals surface area contributed by atoms with E-state index in [1.807, 2.05) is 13.8 Å². The van der Waals surface area contributed by atoms with Gasteiger partial charge in [0.25, 0.3) is 0 Å². The van der Waals surface area contributed by atoms with E-state index in [-0.39, 0.29) is 0 Å². The summed E-state index contributed by atoms with van der Waals surface area (Å²) in [5, 5.41) is 12.4. The second kappa shape index (κ2) is 7.67. The summed E-state index contributed by atoms with van der Waals surface area (Å²) < 4.78 is 0. The second-order valence-corrected chi connectivity index (χ2v) is 4.20. The molecule has 0 aliphatic carbocycles. The van der Waals surface area contributed by atoms with Crippen LogP contribution in [0, 0.1) is 11.3 Å². The molecule has 0 spiro atoms. The third-order valence-electron chi connectivity index (χ3n) is 2.63. The van der Waals surface area contributed by atoms with Crippen molar-refractivity contribution in [2.45, 2.75) is 46.1 Å². The van der Waals surface area contributed by atoms with Gasteiger partial charge < -0.3 is 4.90 Å². The van der Waals surface area contributed by atoms with E-state index < -0.39 is 5.54 Å². The molecule has 0 fully saturated rings. The molecule has 0 aliphatic rings. The monoisotopic (exact) mass is 211 g/mol. The van der Waals surface area contributed by atoms with Gasteiger partial charge in [-0.25, -0.2) is 0 Å². The summed E-state index contributed by atoms with van der Waals surface area (Å²) >= 11 is 0. The lowest BCUT2D eigenvalue weighted by atomic mass is 10.0. The number of likely N-dealkylation sites (N-methyl/N-ethyl adjacent to an activating group) is 2. The Morgan fingerprint density at radius 2 is 2.00 bits per heavy atom. The molecule has 3 nitrogen and oxygen atoms in total. The largest absolute Gasteiger partial charge is 0.301 e. The normalized spacial score (nSPS) is 14.9. The van der Waals surface area contributed by atoms with Gasteiger partial charge in [0, 0.05) is 6.54 Å². The average molecular weight is 211 g/mol. The molecule has 0 saturated heterocycles. The van der Waals surface area contributed by atoms with Gasteiger partial charge in [-0.05, 0) is 33.0 Å². The van der Waals surface area contributed by atoms with Gasteiger partial charge in [-0.2, -0.15) is 5.26 Å². The smallest absolute Gasteiger partial charge is 0.116 e. The van der Waals surface area contributed by atoms with Crippen LogP contribution in [0.3, 0.4) is 0 Å². The standard InChI is InChI=1S/C12H25N3/c1-5-8-9-15(7-3)11-12(4,10-13)14-6-2/h14H,5-9,11H2,1-4H3. The topological polar surface area (TPSA) is 39.1 Å². The summed E-state index contributed by atoms with van der Waals surface area (Å²) in [7, 11) is 0. The summed E-state index contributed by atoms with van der Waals surface area (Å²) in [5.41, 5.74) is -0.404. The molecule has 1 N–H and O–H groups in total. The Kier molecular flexibility index (Phi) is 7.37. The number of rotatable bonds is 8. The first-order valence-corrected chi connectivity index (χ1v) is 6.00. The molecular weight excluding hydrogens is 186 g/mol. The zero-order valence-corrected chi connectivity index (χ0v) is 10.6. The molecule has 0 aromatic rings. The fourth-order valence-electron chi connectivity index (χ4n) is 1.70. The van der Waals surface area contributed by atoms with E-state index >= 15 is 0 Å². The molecule has 0 radical (unpaired) electrons. The van der Waals surface area contributed by atoms with Crippen molar-refractivity contribution in [1.82, 2.24) is 10.2 Å². The van der Waals surface area contributed by atoms with Gasteiger partial charge in [-0.15, -0.1) is 0 Å². The van der Waals surface area contributed by atoms with Gasteiger partial charge in [0.1, 0.15) is 5.54 Å². The highest BCUT2D eigenvalue weighted by Crippen LogP contribution is 2.06. The molecule has 3 heteroatoms. The number of nitriles is 1. The SMILES string of the molecule is CCCCN(CC)CC(C)(C#N)NCC. The van der Waals surface area contributed by atoms with E-state index in [2.05, 4.69) is 30.1 Å². The summed E-state index contributed by atoms with van der Waals surface area (Å²) in [5.74, 6) is 0. The highest BCUT2D eigenvalue weighted by molar-refractivity contribution is 5.05. The van der Waals surface area contributed by atoms with Crippen LogP contribution in [0.1, 0.15) is 40.5 Å². The molecule has 0 amide bonds. The van der Waals surface area contributed by atoms with Crippen LogP contribution >= 0.6 is 0 Å². The van der Waals surface area contributed by atoms with E-state index in [1.165, 1.54) is 12.8 Å². The fraction of sp³-hybridized carbons (Fsp3) is 0.917. The minimum Gasteiger partial charge on any atom is -0.301 e. The third-order valence-corrected chi connectivity index (χ3v) is 2.63. The summed E-state index contributed by atoms with van der Waals surface area (Å²) in [6, 6.07) is 2.37. The Hall–Kier alpha value is -0.590. The lowest BCUT2D eigenvalue weighted by Crippen LogP contribution is -2.50. The first-order valence-electron chi connectivity index (χ1n) is 6.00. The molecule has 0 aliphatic heterocycles. The molecule has 0 rings (SSSR count). The van der Waals surface area contributed by atoms with Crippen molar-refractivity contribution >= 4 is 0 Å². The van der Waals surface area contributed by atoms with Gasteiger partial charge in [0.15, 0.2) is 0 Å². The summed E-state index contributed by atoms with van der Waals surface area (Å²) in [6.07, 6.45) is 2.42. The summed E-state index contributed by atoms with van der Waals surface area (Å²) in [6.45, 7) is 12.1. The zero-order chi connectivity index (χ0) is 11.7. The van der Waals surface area contributed by atoms with E-state index in [0.29, 0.717) is 0 Å². The zero-order valence-electron chi connectivity index (χ0n) is 10.6. The molecule has 0 bridgehead atoms. The fourth-order valence-corrected chi connectivity index (χ4v) is 1.70. The van der Waals surface area contributed by atoms with Gasteiger partial charge >= 0.3 is 0 Å². The molecule has 88 valence electrons. The minimum atomic E-state index is -0.404. The van der Waals surface area contributed by atoms with E-state index in [4.69, 9.17) is 5.26 Å². The number of hydrogen-bond donors (Lipinski definition) is 1. The van der Waals surface area contributed by atoms with E-state index in [1.54, 1.807) is 0 Å². The Labute approximate surface area is 94.5 Å². The first-order chi connectivity index (χ1) is 7.11. The second-order valence-electron chi connectivity index (χ2n) is 4.20. The van der Waals surface area contributed by atoms with Crippen LogP contribution in [0.15, 0.2) is 0 Å². The van der Waals surface area contributed by atoms with E-state index in [0.717, 1.165) is 26.2 Å². The number of nitrogens with zero attached hydrogens (tertiary/aromatic N) is 2. The molecular formula is C12H25N3. The van der Waals surface area contributed by atoms with Crippen LogP contribution in [-0.2, 0) is 0 Å². The van der Waals surface area contributed by atoms with Crippen molar-refractivity contribution in [2.24, 2.45) is 0 Å². The maximum atomic E-state index is 9.15. The van der Waals surface area contributed by atoms with Crippen molar-refractivity contribution in [1.29, 1.82) is 5.26 Å². The molecule has 0 heterocycles. The Morgan fingerprint density at radius 1 is 1.33 bits per heavy atom. The first kappa shape index (κ1) is 14.4. The van der Waals surface area contributed by atoms with Crippen LogP contribution in [0.4, 0.5) is 0 Å². The number of hydrogen-bond acceptors (Lipinski definition) is 3. The molecule has 0 saturated carbocycles. The van der Waals surface area contributed by atoms with Gasteiger partial charge in [0.2, 0.25) is 0 Å². The molecule has 0 aromatic carbocycles. The van der Waals surface area contributed by atoms with E-state index in [9.17, 15) is 0 Å². The third kappa shape index (κ3) is 5.76. The lowest BCUT2D eigenvalue weighted by molar-refractivity contribution is 0.228. The maximum absolute atomic E-state index is 9.15. The highest BCUT2D eigenvalue weighted by Gasteiger charge is 2.24. The quantitative estimate of drug-likeness (QED) is 0.667. The predicted octanol–water partition coefficient (Wildman–Crippen LogP) is 2.00. The Balaban J connectivity index is 4.18. The lowest BCUT2D eigenvalue weighted by Gasteiger charge is -2.30. The van der Waals surface area contributed by atoms with Crippen molar-refractivity contribution < 1.29 is 0 Å². The number of unbranched alkanes of at least 4 members (excludes halogenated alkanes) is 1. The molecule has 0 aromatic heterocycles. The van der Waals surface area contributed by atoms with Crippen LogP contribution in [0.2, 0.25) is 0 Å². The van der Waals surface area contributed by atoms with Crippen LogP contribution < -0.4 is 5.32 Å². The van der Waals surface area contributed by atoms with Crippen LogP contribution in [-0.4, -0.2) is 36.6 Å².